The number of carbonyl (C=O) groups is 1. The van der Waals surface area contributed by atoms with Gasteiger partial charge >= 0.3 is 0 Å². The Bertz CT molecular complexity index is 202. The summed E-state index contributed by atoms with van der Waals surface area (Å²) in [5.41, 5.74) is 0.262. The predicted octanol–water partition coefficient (Wildman–Crippen LogP) is 2.32. The molecule has 0 rings (SSSR count). The Labute approximate surface area is 100 Å². The van der Waals surface area contributed by atoms with Gasteiger partial charge in [-0.25, -0.2) is 0 Å². The third-order valence-corrected chi connectivity index (χ3v) is 3.07. The third-order valence-electron chi connectivity index (χ3n) is 3.07. The molecular weight excluding hydrogens is 200 g/mol. The molecule has 0 saturated carbocycles. The monoisotopic (exact) mass is 228 g/mol. The Balaban J connectivity index is 3.79. The van der Waals surface area contributed by atoms with Crippen molar-refractivity contribution < 1.29 is 4.79 Å². The van der Waals surface area contributed by atoms with Crippen molar-refractivity contribution in [2.24, 2.45) is 5.41 Å². The van der Waals surface area contributed by atoms with E-state index in [1.165, 1.54) is 0 Å². The lowest BCUT2D eigenvalue weighted by atomic mass is 9.90. The van der Waals surface area contributed by atoms with Crippen LogP contribution in [-0.2, 0) is 4.79 Å². The largest absolute Gasteiger partial charge is 0.355 e. The quantitative estimate of drug-likeness (QED) is 0.626. The van der Waals surface area contributed by atoms with Crippen molar-refractivity contribution in [1.29, 1.82) is 0 Å². The number of rotatable bonds is 8. The highest BCUT2D eigenvalue weighted by atomic mass is 16.2. The van der Waals surface area contributed by atoms with Crippen LogP contribution in [0.3, 0.4) is 0 Å². The third kappa shape index (κ3) is 6.83. The highest BCUT2D eigenvalue weighted by molar-refractivity contribution is 5.81. The SMILES string of the molecule is CCCCNC(=O)C(C)NCC(C)(C)CC. The number of nitrogens with one attached hydrogen (secondary N) is 2. The molecule has 0 saturated heterocycles. The second kappa shape index (κ2) is 7.66. The van der Waals surface area contributed by atoms with Gasteiger partial charge in [0.25, 0.3) is 0 Å². The number of hydrogen-bond acceptors (Lipinski definition) is 2. The fourth-order valence-corrected chi connectivity index (χ4v) is 1.19. The summed E-state index contributed by atoms with van der Waals surface area (Å²) in [4.78, 5) is 11.6. The first kappa shape index (κ1) is 15.4. The van der Waals surface area contributed by atoms with E-state index in [9.17, 15) is 4.79 Å². The van der Waals surface area contributed by atoms with Crippen LogP contribution in [0.5, 0.6) is 0 Å². The van der Waals surface area contributed by atoms with Gasteiger partial charge in [-0.2, -0.15) is 0 Å². The maximum absolute atomic E-state index is 11.6. The number of carbonyl (C=O) groups excluding carboxylic acids is 1. The van der Waals surface area contributed by atoms with Crippen LogP contribution in [0.4, 0.5) is 0 Å². The van der Waals surface area contributed by atoms with Gasteiger partial charge in [0.15, 0.2) is 0 Å². The summed E-state index contributed by atoms with van der Waals surface area (Å²) in [7, 11) is 0. The molecule has 96 valence electrons. The van der Waals surface area contributed by atoms with Crippen LogP contribution in [0.25, 0.3) is 0 Å². The van der Waals surface area contributed by atoms with Gasteiger partial charge in [-0.05, 0) is 25.2 Å². The first-order valence-corrected chi connectivity index (χ1v) is 6.44. The molecule has 0 aliphatic heterocycles. The molecule has 0 aromatic rings. The first-order chi connectivity index (χ1) is 7.43. The summed E-state index contributed by atoms with van der Waals surface area (Å²) in [6.07, 6.45) is 3.29. The van der Waals surface area contributed by atoms with E-state index in [1.807, 2.05) is 6.92 Å². The van der Waals surface area contributed by atoms with Crippen LogP contribution in [0.15, 0.2) is 0 Å². The molecule has 1 atom stereocenters. The van der Waals surface area contributed by atoms with Crippen LogP contribution in [0.2, 0.25) is 0 Å². The van der Waals surface area contributed by atoms with Gasteiger partial charge in [0.2, 0.25) is 5.91 Å². The standard InChI is InChI=1S/C13H28N2O/c1-6-8-9-14-12(16)11(3)15-10-13(4,5)7-2/h11,15H,6-10H2,1-5H3,(H,14,16). The van der Waals surface area contributed by atoms with Crippen molar-refractivity contribution in [3.63, 3.8) is 0 Å². The van der Waals surface area contributed by atoms with Crippen molar-refractivity contribution in [3.05, 3.63) is 0 Å². The second-order valence-corrected chi connectivity index (χ2v) is 5.26. The highest BCUT2D eigenvalue weighted by Gasteiger charge is 2.18. The maximum Gasteiger partial charge on any atom is 0.236 e. The summed E-state index contributed by atoms with van der Waals surface area (Å²) in [5.74, 6) is 0.111. The van der Waals surface area contributed by atoms with Crippen molar-refractivity contribution in [2.45, 2.75) is 59.9 Å². The summed E-state index contributed by atoms with van der Waals surface area (Å²) in [6.45, 7) is 12.3. The van der Waals surface area contributed by atoms with Gasteiger partial charge < -0.3 is 10.6 Å². The van der Waals surface area contributed by atoms with Crippen LogP contribution in [0.1, 0.15) is 53.9 Å². The lowest BCUT2D eigenvalue weighted by Gasteiger charge is -2.25. The topological polar surface area (TPSA) is 41.1 Å². The van der Waals surface area contributed by atoms with Gasteiger partial charge in [-0.15, -0.1) is 0 Å². The zero-order valence-electron chi connectivity index (χ0n) is 11.5. The molecule has 0 bridgehead atoms. The van der Waals surface area contributed by atoms with E-state index in [1.54, 1.807) is 0 Å². The lowest BCUT2D eigenvalue weighted by Crippen LogP contribution is -2.45. The Hall–Kier alpha value is -0.570. The summed E-state index contributed by atoms with van der Waals surface area (Å²) >= 11 is 0. The minimum Gasteiger partial charge on any atom is -0.355 e. The Morgan fingerprint density at radius 3 is 2.44 bits per heavy atom. The van der Waals surface area contributed by atoms with Gasteiger partial charge in [0.1, 0.15) is 0 Å². The molecule has 3 nitrogen and oxygen atoms in total. The molecule has 1 amide bonds. The molecule has 0 heterocycles. The lowest BCUT2D eigenvalue weighted by molar-refractivity contribution is -0.122. The fourth-order valence-electron chi connectivity index (χ4n) is 1.19. The minimum absolute atomic E-state index is 0.0947. The average Bonchev–Trinajstić information content (AvgIpc) is 2.26. The molecule has 0 aromatic heterocycles. The van der Waals surface area contributed by atoms with Crippen molar-refractivity contribution >= 4 is 5.91 Å². The van der Waals surface area contributed by atoms with E-state index in [0.29, 0.717) is 0 Å². The Kier molecular flexibility index (Phi) is 7.39. The molecule has 0 aromatic carbocycles. The van der Waals surface area contributed by atoms with Crippen LogP contribution in [-0.4, -0.2) is 25.0 Å². The zero-order chi connectivity index (χ0) is 12.6. The van der Waals surface area contributed by atoms with Crippen molar-refractivity contribution in [2.75, 3.05) is 13.1 Å². The molecule has 0 aliphatic carbocycles. The smallest absolute Gasteiger partial charge is 0.236 e. The van der Waals surface area contributed by atoms with E-state index in [2.05, 4.69) is 38.3 Å². The summed E-state index contributed by atoms with van der Waals surface area (Å²) < 4.78 is 0. The minimum atomic E-state index is -0.0947. The van der Waals surface area contributed by atoms with Gasteiger partial charge in [-0.3, -0.25) is 4.79 Å². The molecule has 1 unspecified atom stereocenters. The molecule has 16 heavy (non-hydrogen) atoms. The molecular formula is C13H28N2O. The molecule has 0 spiro atoms. The fraction of sp³-hybridized carbons (Fsp3) is 0.923. The van der Waals surface area contributed by atoms with Crippen LogP contribution in [0, 0.1) is 5.41 Å². The van der Waals surface area contributed by atoms with E-state index in [-0.39, 0.29) is 17.4 Å². The number of unbranched alkanes of at least 4 members (excludes halogenated alkanes) is 1. The number of hydrogen-bond donors (Lipinski definition) is 2. The van der Waals surface area contributed by atoms with Gasteiger partial charge in [0, 0.05) is 13.1 Å². The van der Waals surface area contributed by atoms with E-state index in [0.717, 1.165) is 32.4 Å². The summed E-state index contributed by atoms with van der Waals surface area (Å²) in [5, 5.41) is 6.22. The summed E-state index contributed by atoms with van der Waals surface area (Å²) in [6, 6.07) is -0.0947. The predicted molar refractivity (Wildman–Crippen MR) is 69.5 cm³/mol. The molecule has 0 aliphatic rings. The zero-order valence-corrected chi connectivity index (χ0v) is 11.5. The van der Waals surface area contributed by atoms with E-state index < -0.39 is 0 Å². The van der Waals surface area contributed by atoms with Gasteiger partial charge in [0.05, 0.1) is 6.04 Å². The van der Waals surface area contributed by atoms with Crippen molar-refractivity contribution in [3.8, 4) is 0 Å². The van der Waals surface area contributed by atoms with Crippen molar-refractivity contribution in [1.82, 2.24) is 10.6 Å². The first-order valence-electron chi connectivity index (χ1n) is 6.44. The van der Waals surface area contributed by atoms with Gasteiger partial charge in [-0.1, -0.05) is 34.1 Å². The highest BCUT2D eigenvalue weighted by Crippen LogP contribution is 2.17. The molecule has 2 N–H and O–H groups in total. The Morgan fingerprint density at radius 2 is 1.94 bits per heavy atom. The maximum atomic E-state index is 11.6. The number of amides is 1. The average molecular weight is 228 g/mol. The molecule has 0 fully saturated rings. The Morgan fingerprint density at radius 1 is 1.31 bits per heavy atom. The van der Waals surface area contributed by atoms with E-state index in [4.69, 9.17) is 0 Å². The van der Waals surface area contributed by atoms with Crippen LogP contribution < -0.4 is 10.6 Å². The second-order valence-electron chi connectivity index (χ2n) is 5.26. The van der Waals surface area contributed by atoms with E-state index >= 15 is 0 Å². The normalized spacial score (nSPS) is 13.6. The molecule has 0 radical (unpaired) electrons. The molecule has 3 heteroatoms. The van der Waals surface area contributed by atoms with Crippen LogP contribution >= 0.6 is 0 Å².